The minimum absolute atomic E-state index is 0.0186. The van der Waals surface area contributed by atoms with Crippen LogP contribution in [0.25, 0.3) is 0 Å². The molecule has 0 atom stereocenters. The summed E-state index contributed by atoms with van der Waals surface area (Å²) in [5.41, 5.74) is 1.99. The zero-order valence-corrected chi connectivity index (χ0v) is 19.9. The minimum atomic E-state index is 0.0186. The van der Waals surface area contributed by atoms with Crippen LogP contribution in [-0.2, 0) is 0 Å². The Morgan fingerprint density at radius 3 is 0.788 bits per heavy atom. The lowest BCUT2D eigenvalue weighted by Gasteiger charge is -2.00. The molecular formula is C27H30O6. The van der Waals surface area contributed by atoms with Crippen molar-refractivity contribution < 1.29 is 28.6 Å². The maximum absolute atomic E-state index is 10.8. The number of carbonyl (C=O) groups excluding carboxylic acids is 3. The van der Waals surface area contributed by atoms with Gasteiger partial charge in [0, 0.05) is 16.7 Å². The fraction of sp³-hybridized carbons (Fsp3) is 0.222. The molecular weight excluding hydrogens is 420 g/mol. The zero-order valence-electron chi connectivity index (χ0n) is 19.9. The van der Waals surface area contributed by atoms with Crippen LogP contribution in [-0.4, -0.2) is 38.7 Å². The predicted octanol–water partition coefficient (Wildman–Crippen LogP) is 5.69. The van der Waals surface area contributed by atoms with Crippen LogP contribution in [0.3, 0.4) is 0 Å². The molecule has 0 aliphatic carbocycles. The SMILES string of the molecule is CC(=O)c1ccc(C(C)=O)cc1.COc1ccc(C(C)=O)cc1.COc1ccc(OC)cc1. The zero-order chi connectivity index (χ0) is 24.8. The molecule has 6 heteroatoms. The molecule has 33 heavy (non-hydrogen) atoms. The molecule has 0 saturated carbocycles. The quantitative estimate of drug-likeness (QED) is 0.449. The van der Waals surface area contributed by atoms with Gasteiger partial charge in [-0.25, -0.2) is 0 Å². The fourth-order valence-corrected chi connectivity index (χ4v) is 2.48. The predicted molar refractivity (Wildman–Crippen MR) is 129 cm³/mol. The van der Waals surface area contributed by atoms with E-state index in [1.807, 2.05) is 24.3 Å². The van der Waals surface area contributed by atoms with Gasteiger partial charge in [0.15, 0.2) is 17.3 Å². The van der Waals surface area contributed by atoms with Crippen molar-refractivity contribution in [2.24, 2.45) is 0 Å². The molecule has 0 heterocycles. The van der Waals surface area contributed by atoms with Gasteiger partial charge in [0.25, 0.3) is 0 Å². The van der Waals surface area contributed by atoms with Gasteiger partial charge in [-0.05, 0) is 69.3 Å². The Morgan fingerprint density at radius 2 is 0.606 bits per heavy atom. The molecule has 0 amide bonds. The summed E-state index contributed by atoms with van der Waals surface area (Å²) in [5, 5.41) is 0. The Balaban J connectivity index is 0.000000249. The molecule has 174 valence electrons. The highest BCUT2D eigenvalue weighted by Gasteiger charge is 2.01. The molecule has 0 bridgehead atoms. The van der Waals surface area contributed by atoms with E-state index in [9.17, 15) is 14.4 Å². The van der Waals surface area contributed by atoms with Gasteiger partial charge >= 0.3 is 0 Å². The van der Waals surface area contributed by atoms with Crippen molar-refractivity contribution in [2.45, 2.75) is 20.8 Å². The van der Waals surface area contributed by atoms with Crippen molar-refractivity contribution in [1.82, 2.24) is 0 Å². The number of carbonyl (C=O) groups is 3. The van der Waals surface area contributed by atoms with Gasteiger partial charge in [-0.15, -0.1) is 0 Å². The first-order valence-electron chi connectivity index (χ1n) is 10.2. The van der Waals surface area contributed by atoms with Gasteiger partial charge in [-0.2, -0.15) is 0 Å². The molecule has 3 aromatic carbocycles. The van der Waals surface area contributed by atoms with Crippen molar-refractivity contribution in [3.05, 3.63) is 89.5 Å². The van der Waals surface area contributed by atoms with Crippen molar-refractivity contribution >= 4 is 17.3 Å². The van der Waals surface area contributed by atoms with E-state index in [1.165, 1.54) is 13.8 Å². The first-order valence-corrected chi connectivity index (χ1v) is 10.2. The molecule has 3 aromatic rings. The third kappa shape index (κ3) is 9.82. The van der Waals surface area contributed by atoms with Gasteiger partial charge in [-0.3, -0.25) is 14.4 Å². The van der Waals surface area contributed by atoms with Gasteiger partial charge < -0.3 is 14.2 Å². The molecule has 0 radical (unpaired) electrons. The van der Waals surface area contributed by atoms with Crippen LogP contribution >= 0.6 is 0 Å². The van der Waals surface area contributed by atoms with Crippen molar-refractivity contribution in [1.29, 1.82) is 0 Å². The summed E-state index contributed by atoms with van der Waals surface area (Å²) in [6, 6.07) is 21.2. The van der Waals surface area contributed by atoms with E-state index in [2.05, 4.69) is 0 Å². The molecule has 6 nitrogen and oxygen atoms in total. The lowest BCUT2D eigenvalue weighted by atomic mass is 10.1. The lowest BCUT2D eigenvalue weighted by Crippen LogP contribution is -1.95. The summed E-state index contributed by atoms with van der Waals surface area (Å²) in [5.74, 6) is 2.58. The maximum Gasteiger partial charge on any atom is 0.159 e. The Kier molecular flexibility index (Phi) is 11.7. The smallest absolute Gasteiger partial charge is 0.159 e. The van der Waals surface area contributed by atoms with Gasteiger partial charge in [0.05, 0.1) is 21.3 Å². The van der Waals surface area contributed by atoms with E-state index in [0.29, 0.717) is 16.7 Å². The molecule has 3 rings (SSSR count). The normalized spacial score (nSPS) is 9.27. The summed E-state index contributed by atoms with van der Waals surface area (Å²) >= 11 is 0. The van der Waals surface area contributed by atoms with Gasteiger partial charge in [0.1, 0.15) is 17.2 Å². The van der Waals surface area contributed by atoms with E-state index < -0.39 is 0 Å². The Bertz CT molecular complexity index is 964. The van der Waals surface area contributed by atoms with Crippen LogP contribution in [0, 0.1) is 0 Å². The average molecular weight is 451 g/mol. The molecule has 0 aliphatic rings. The first-order chi connectivity index (χ1) is 15.7. The second kappa shape index (κ2) is 14.2. The Morgan fingerprint density at radius 1 is 0.424 bits per heavy atom. The first kappa shape index (κ1) is 27.1. The number of Topliss-reactive ketones (excluding diaryl/α,β-unsaturated/α-hetero) is 3. The van der Waals surface area contributed by atoms with Gasteiger partial charge in [-0.1, -0.05) is 24.3 Å². The lowest BCUT2D eigenvalue weighted by molar-refractivity contribution is 0.100. The average Bonchev–Trinajstić information content (AvgIpc) is 2.85. The highest BCUT2D eigenvalue weighted by atomic mass is 16.5. The number of rotatable bonds is 6. The van der Waals surface area contributed by atoms with Crippen LogP contribution in [0.4, 0.5) is 0 Å². The van der Waals surface area contributed by atoms with Crippen LogP contribution in [0.5, 0.6) is 17.2 Å². The molecule has 0 N–H and O–H groups in total. The van der Waals surface area contributed by atoms with Gasteiger partial charge in [0.2, 0.25) is 0 Å². The Hall–Kier alpha value is -3.93. The highest BCUT2D eigenvalue weighted by Crippen LogP contribution is 2.16. The number of hydrogen-bond donors (Lipinski definition) is 0. The molecule has 0 saturated heterocycles. The summed E-state index contributed by atoms with van der Waals surface area (Å²) in [6.45, 7) is 4.55. The topological polar surface area (TPSA) is 78.9 Å². The molecule has 0 spiro atoms. The van der Waals surface area contributed by atoms with Crippen LogP contribution in [0.1, 0.15) is 51.8 Å². The standard InChI is InChI=1S/C10H10O2.C9H10O2.C8H10O2/c1-7(11)9-3-5-10(6-4-9)8(2)12;1-7(10)8-3-5-9(11-2)6-4-8;1-9-7-3-5-8(10-2)6-4-7/h3-6H,1-2H3;3-6H,1-2H3;3-6H,1-2H3. The van der Waals surface area contributed by atoms with Crippen LogP contribution < -0.4 is 14.2 Å². The molecule has 0 fully saturated rings. The summed E-state index contributed by atoms with van der Waals surface area (Å²) < 4.78 is 14.9. The van der Waals surface area contributed by atoms with E-state index >= 15 is 0 Å². The van der Waals surface area contributed by atoms with Crippen LogP contribution in [0.15, 0.2) is 72.8 Å². The summed E-state index contributed by atoms with van der Waals surface area (Å²) in [7, 11) is 4.88. The number of benzene rings is 3. The van der Waals surface area contributed by atoms with E-state index in [0.717, 1.165) is 17.2 Å². The summed E-state index contributed by atoms with van der Waals surface area (Å²) in [4.78, 5) is 32.5. The van der Waals surface area contributed by atoms with Crippen molar-refractivity contribution in [2.75, 3.05) is 21.3 Å². The molecule has 0 unspecified atom stereocenters. The summed E-state index contributed by atoms with van der Waals surface area (Å²) in [6.07, 6.45) is 0. The monoisotopic (exact) mass is 450 g/mol. The maximum atomic E-state index is 10.8. The second-order valence-electron chi connectivity index (χ2n) is 6.85. The number of methoxy groups -OCH3 is 3. The second-order valence-corrected chi connectivity index (χ2v) is 6.85. The van der Waals surface area contributed by atoms with E-state index in [-0.39, 0.29) is 17.3 Å². The largest absolute Gasteiger partial charge is 0.497 e. The van der Waals surface area contributed by atoms with Crippen molar-refractivity contribution in [3.63, 3.8) is 0 Å². The number of hydrogen-bond acceptors (Lipinski definition) is 6. The number of ketones is 3. The van der Waals surface area contributed by atoms with Crippen LogP contribution in [0.2, 0.25) is 0 Å². The molecule has 0 aromatic heterocycles. The minimum Gasteiger partial charge on any atom is -0.497 e. The van der Waals surface area contributed by atoms with E-state index in [1.54, 1.807) is 76.8 Å². The molecule has 0 aliphatic heterocycles. The third-order valence-corrected chi connectivity index (χ3v) is 4.49. The fourth-order valence-electron chi connectivity index (χ4n) is 2.48. The Labute approximate surface area is 195 Å². The van der Waals surface area contributed by atoms with E-state index in [4.69, 9.17) is 14.2 Å². The number of ether oxygens (including phenoxy) is 3. The van der Waals surface area contributed by atoms with Crippen molar-refractivity contribution in [3.8, 4) is 17.2 Å². The highest BCUT2D eigenvalue weighted by molar-refractivity contribution is 5.97. The third-order valence-electron chi connectivity index (χ3n) is 4.49.